The van der Waals surface area contributed by atoms with Crippen molar-refractivity contribution in [3.63, 3.8) is 0 Å². The summed E-state index contributed by atoms with van der Waals surface area (Å²) in [5, 5.41) is 10.8. The van der Waals surface area contributed by atoms with E-state index in [9.17, 15) is 9.59 Å². The highest BCUT2D eigenvalue weighted by atomic mass is 16.4. The summed E-state index contributed by atoms with van der Waals surface area (Å²) >= 11 is 0. The molecule has 27 heavy (non-hydrogen) atoms. The van der Waals surface area contributed by atoms with Crippen molar-refractivity contribution in [1.29, 1.82) is 0 Å². The molecule has 0 unspecified atom stereocenters. The maximum absolute atomic E-state index is 13.1. The van der Waals surface area contributed by atoms with Gasteiger partial charge in [-0.05, 0) is 24.1 Å². The van der Waals surface area contributed by atoms with E-state index < -0.39 is 11.6 Å². The molecule has 2 aromatic carbocycles. The highest BCUT2D eigenvalue weighted by molar-refractivity contribution is 6.07. The molecule has 1 saturated heterocycles. The Balaban J connectivity index is 1.59. The molecule has 1 aliphatic rings. The van der Waals surface area contributed by atoms with Crippen molar-refractivity contribution in [2.75, 3.05) is 0 Å². The second-order valence-corrected chi connectivity index (χ2v) is 6.31. The number of imide groups is 1. The zero-order valence-electron chi connectivity index (χ0n) is 14.8. The molecule has 7 nitrogen and oxygen atoms in total. The van der Waals surface area contributed by atoms with Gasteiger partial charge < -0.3 is 9.73 Å². The molecule has 0 spiro atoms. The van der Waals surface area contributed by atoms with Gasteiger partial charge in [-0.3, -0.25) is 9.69 Å². The second kappa shape index (κ2) is 6.68. The molecule has 0 saturated carbocycles. The number of nitrogens with zero attached hydrogens (tertiary/aromatic N) is 3. The number of nitrogens with one attached hydrogen (secondary N) is 1. The van der Waals surface area contributed by atoms with Crippen molar-refractivity contribution in [3.05, 3.63) is 72.1 Å². The largest absolute Gasteiger partial charge is 0.419 e. The highest BCUT2D eigenvalue weighted by Gasteiger charge is 2.51. The fraction of sp³-hybridized carbons (Fsp3) is 0.200. The molecule has 1 aromatic heterocycles. The molecule has 4 rings (SSSR count). The number of carbonyl (C=O) groups is 2. The van der Waals surface area contributed by atoms with E-state index in [0.29, 0.717) is 12.3 Å². The van der Waals surface area contributed by atoms with Crippen LogP contribution in [0.15, 0.2) is 65.1 Å². The average Bonchev–Trinajstić information content (AvgIpc) is 3.28. The number of urea groups is 1. The fourth-order valence-corrected chi connectivity index (χ4v) is 3.28. The molecule has 1 fully saturated rings. The van der Waals surface area contributed by atoms with Crippen LogP contribution in [0.2, 0.25) is 0 Å². The number of hydrogen-bond acceptors (Lipinski definition) is 5. The molecule has 1 aliphatic heterocycles. The monoisotopic (exact) mass is 362 g/mol. The summed E-state index contributed by atoms with van der Waals surface area (Å²) in [4.78, 5) is 26.7. The molecule has 0 radical (unpaired) electrons. The summed E-state index contributed by atoms with van der Waals surface area (Å²) in [6, 6.07) is 18.1. The first-order valence-electron chi connectivity index (χ1n) is 8.71. The van der Waals surface area contributed by atoms with E-state index in [0.717, 1.165) is 16.0 Å². The summed E-state index contributed by atoms with van der Waals surface area (Å²) in [5.41, 5.74) is 0.463. The summed E-state index contributed by atoms with van der Waals surface area (Å²) in [5.74, 6) is 0.237. The predicted molar refractivity (Wildman–Crippen MR) is 97.2 cm³/mol. The first-order chi connectivity index (χ1) is 13.1. The van der Waals surface area contributed by atoms with Gasteiger partial charge in [-0.15, -0.1) is 10.2 Å². The van der Waals surface area contributed by atoms with Gasteiger partial charge in [0.25, 0.3) is 5.91 Å². The van der Waals surface area contributed by atoms with Crippen molar-refractivity contribution < 1.29 is 14.0 Å². The maximum atomic E-state index is 13.1. The predicted octanol–water partition coefficient (Wildman–Crippen LogP) is 3.09. The van der Waals surface area contributed by atoms with E-state index in [4.69, 9.17) is 4.42 Å². The first kappa shape index (κ1) is 17.0. The van der Waals surface area contributed by atoms with E-state index in [2.05, 4.69) is 15.5 Å². The van der Waals surface area contributed by atoms with Gasteiger partial charge in [-0.2, -0.15) is 0 Å². The van der Waals surface area contributed by atoms with Crippen LogP contribution in [-0.4, -0.2) is 27.0 Å². The Morgan fingerprint density at radius 1 is 1.00 bits per heavy atom. The highest BCUT2D eigenvalue weighted by Crippen LogP contribution is 2.33. The van der Waals surface area contributed by atoms with Crippen molar-refractivity contribution in [2.45, 2.75) is 25.4 Å². The minimum Gasteiger partial charge on any atom is -0.419 e. The number of benzene rings is 2. The normalized spacial score (nSPS) is 19.4. The summed E-state index contributed by atoms with van der Waals surface area (Å²) in [6.07, 6.45) is 0.442. The quantitative estimate of drug-likeness (QED) is 0.705. The van der Waals surface area contributed by atoms with E-state index in [-0.39, 0.29) is 18.3 Å². The van der Waals surface area contributed by atoms with E-state index in [1.54, 1.807) is 0 Å². The van der Waals surface area contributed by atoms with Crippen LogP contribution in [0.4, 0.5) is 4.79 Å². The number of rotatable bonds is 5. The van der Waals surface area contributed by atoms with Crippen molar-refractivity contribution in [2.24, 2.45) is 0 Å². The smallest absolute Gasteiger partial charge is 0.325 e. The number of hydrogen-bond donors (Lipinski definition) is 1. The lowest BCUT2D eigenvalue weighted by Gasteiger charge is -2.25. The molecular formula is C20H18N4O3. The molecule has 7 heteroatoms. The van der Waals surface area contributed by atoms with Crippen LogP contribution in [0.1, 0.15) is 24.8 Å². The van der Waals surface area contributed by atoms with Crippen LogP contribution in [-0.2, 0) is 16.9 Å². The summed E-state index contributed by atoms with van der Waals surface area (Å²) < 4.78 is 5.64. The third-order valence-electron chi connectivity index (χ3n) is 4.75. The second-order valence-electron chi connectivity index (χ2n) is 6.31. The maximum Gasteiger partial charge on any atom is 0.325 e. The van der Waals surface area contributed by atoms with E-state index in [1.807, 2.05) is 67.6 Å². The van der Waals surface area contributed by atoms with Gasteiger partial charge in [0.1, 0.15) is 12.1 Å². The molecule has 0 bridgehead atoms. The van der Waals surface area contributed by atoms with E-state index >= 15 is 0 Å². The topological polar surface area (TPSA) is 88.3 Å². The molecule has 3 aromatic rings. The fourth-order valence-electron chi connectivity index (χ4n) is 3.28. The molecule has 1 atom stereocenters. The van der Waals surface area contributed by atoms with Crippen LogP contribution in [0.5, 0.6) is 0 Å². The average molecular weight is 362 g/mol. The van der Waals surface area contributed by atoms with Crippen molar-refractivity contribution in [1.82, 2.24) is 20.4 Å². The molecule has 0 aliphatic carbocycles. The van der Waals surface area contributed by atoms with Crippen molar-refractivity contribution >= 4 is 11.9 Å². The van der Waals surface area contributed by atoms with Crippen LogP contribution in [0.25, 0.3) is 11.5 Å². The van der Waals surface area contributed by atoms with Crippen LogP contribution < -0.4 is 5.32 Å². The molecule has 136 valence electrons. The number of amides is 3. The first-order valence-corrected chi connectivity index (χ1v) is 8.71. The SMILES string of the molecule is CC[C@]1(c2ccccc2)NC(=O)N(Cc2nnc(-c3ccccc3)o2)C1=O. The third-order valence-corrected chi connectivity index (χ3v) is 4.75. The Labute approximate surface area is 156 Å². The Kier molecular flexibility index (Phi) is 4.19. The molecule has 2 heterocycles. The number of carbonyl (C=O) groups excluding carboxylic acids is 2. The van der Waals surface area contributed by atoms with Crippen LogP contribution in [0, 0.1) is 0 Å². The van der Waals surface area contributed by atoms with Gasteiger partial charge in [0.2, 0.25) is 11.8 Å². The molecule has 1 N–H and O–H groups in total. The minimum absolute atomic E-state index is 0.0704. The van der Waals surface area contributed by atoms with E-state index in [1.165, 1.54) is 0 Å². The van der Waals surface area contributed by atoms with Crippen LogP contribution >= 0.6 is 0 Å². The molecule has 3 amide bonds. The van der Waals surface area contributed by atoms with Gasteiger partial charge in [-0.25, -0.2) is 4.79 Å². The Bertz CT molecular complexity index is 971. The lowest BCUT2D eigenvalue weighted by molar-refractivity contribution is -0.132. The number of aromatic nitrogens is 2. The van der Waals surface area contributed by atoms with Gasteiger partial charge >= 0.3 is 6.03 Å². The zero-order valence-corrected chi connectivity index (χ0v) is 14.8. The minimum atomic E-state index is -1.07. The Morgan fingerprint density at radius 2 is 1.67 bits per heavy atom. The van der Waals surface area contributed by atoms with Gasteiger partial charge in [-0.1, -0.05) is 55.5 Å². The van der Waals surface area contributed by atoms with Gasteiger partial charge in [0, 0.05) is 5.56 Å². The third kappa shape index (κ3) is 2.87. The van der Waals surface area contributed by atoms with Gasteiger partial charge in [0.05, 0.1) is 0 Å². The lowest BCUT2D eigenvalue weighted by Crippen LogP contribution is -2.43. The Hall–Kier alpha value is -3.48. The zero-order chi connectivity index (χ0) is 18.9. The summed E-state index contributed by atoms with van der Waals surface area (Å²) in [7, 11) is 0. The summed E-state index contributed by atoms with van der Waals surface area (Å²) in [6.45, 7) is 1.80. The van der Waals surface area contributed by atoms with Crippen LogP contribution in [0.3, 0.4) is 0 Å². The Morgan fingerprint density at radius 3 is 2.33 bits per heavy atom. The standard InChI is InChI=1S/C20H18N4O3/c1-2-20(15-11-7-4-8-12-15)18(25)24(19(26)21-20)13-16-22-23-17(27-16)14-9-5-3-6-10-14/h3-12H,2,13H2,1H3,(H,21,26)/t20-/m1/s1. The van der Waals surface area contributed by atoms with Gasteiger partial charge in [0.15, 0.2) is 0 Å². The molecular weight excluding hydrogens is 344 g/mol. The lowest BCUT2D eigenvalue weighted by atomic mass is 9.87. The van der Waals surface area contributed by atoms with Crippen molar-refractivity contribution in [3.8, 4) is 11.5 Å².